The first kappa shape index (κ1) is 12.0. The van der Waals surface area contributed by atoms with Crippen molar-refractivity contribution in [2.45, 2.75) is 29.7 Å². The number of carbonyl (C=O) groups is 1. The van der Waals surface area contributed by atoms with E-state index in [1.807, 2.05) is 18.0 Å². The number of allylic oxidation sites excluding steroid dienone is 3. The van der Waals surface area contributed by atoms with Crippen molar-refractivity contribution in [2.75, 3.05) is 7.05 Å². The van der Waals surface area contributed by atoms with Crippen molar-refractivity contribution >= 4 is 17.5 Å². The van der Waals surface area contributed by atoms with Crippen molar-refractivity contribution < 1.29 is 4.79 Å². The van der Waals surface area contributed by atoms with Crippen molar-refractivity contribution in [3.63, 3.8) is 0 Å². The number of carbonyl (C=O) groups excluding carboxylic acids is 1. The van der Waals surface area contributed by atoms with E-state index in [2.05, 4.69) is 30.3 Å². The predicted octanol–water partition coefficient (Wildman–Crippen LogP) is 3.33. The highest BCUT2D eigenvalue weighted by Gasteiger charge is 2.62. The van der Waals surface area contributed by atoms with Gasteiger partial charge in [-0.25, -0.2) is 0 Å². The van der Waals surface area contributed by atoms with Gasteiger partial charge in [-0.05, 0) is 35.1 Å². The molecule has 6 rings (SSSR count). The zero-order valence-corrected chi connectivity index (χ0v) is 12.6. The quantitative estimate of drug-likeness (QED) is 0.673. The Morgan fingerprint density at radius 3 is 3.00 bits per heavy atom. The number of halogens is 1. The maximum absolute atomic E-state index is 12.9. The number of likely N-dealkylation sites (tertiary alicyclic amines) is 1. The maximum Gasteiger partial charge on any atom is 0.232 e. The Bertz CT molecular complexity index is 749. The second-order valence-corrected chi connectivity index (χ2v) is 7.09. The molecule has 0 aromatic heterocycles. The summed E-state index contributed by atoms with van der Waals surface area (Å²) in [5, 5.41) is -0.204. The Hall–Kier alpha value is -1.54. The highest BCUT2D eigenvalue weighted by atomic mass is 35.5. The van der Waals surface area contributed by atoms with Crippen LogP contribution in [0.25, 0.3) is 0 Å². The predicted molar refractivity (Wildman–Crippen MR) is 82.2 cm³/mol. The SMILES string of the molecule is CN1C(=O)C2C3=C(C=CC2Cl)C2CCC31c1ccccc12. The molecule has 3 heteroatoms. The molecule has 21 heavy (non-hydrogen) atoms. The van der Waals surface area contributed by atoms with Crippen LogP contribution in [0.3, 0.4) is 0 Å². The lowest BCUT2D eigenvalue weighted by molar-refractivity contribution is -0.132. The molecule has 1 fully saturated rings. The summed E-state index contributed by atoms with van der Waals surface area (Å²) in [7, 11) is 1.96. The molecular weight excluding hydrogens is 282 g/mol. The number of nitrogens with zero attached hydrogens (tertiary/aromatic N) is 1. The molecule has 106 valence electrons. The van der Waals surface area contributed by atoms with Crippen LogP contribution in [0.5, 0.6) is 0 Å². The van der Waals surface area contributed by atoms with E-state index in [0.717, 1.165) is 12.8 Å². The lowest BCUT2D eigenvalue weighted by atomic mass is 9.57. The van der Waals surface area contributed by atoms with Gasteiger partial charge in [-0.2, -0.15) is 0 Å². The van der Waals surface area contributed by atoms with Gasteiger partial charge in [-0.1, -0.05) is 36.4 Å². The van der Waals surface area contributed by atoms with E-state index in [4.69, 9.17) is 11.6 Å². The van der Waals surface area contributed by atoms with Crippen LogP contribution in [0, 0.1) is 5.92 Å². The van der Waals surface area contributed by atoms with E-state index in [-0.39, 0.29) is 22.7 Å². The van der Waals surface area contributed by atoms with Crippen LogP contribution in [-0.4, -0.2) is 23.2 Å². The monoisotopic (exact) mass is 297 g/mol. The van der Waals surface area contributed by atoms with E-state index >= 15 is 0 Å². The molecule has 1 aliphatic heterocycles. The van der Waals surface area contributed by atoms with Crippen molar-refractivity contribution in [1.82, 2.24) is 4.90 Å². The normalized spacial score (nSPS) is 38.9. The zero-order valence-electron chi connectivity index (χ0n) is 11.8. The van der Waals surface area contributed by atoms with Gasteiger partial charge in [0.05, 0.1) is 16.8 Å². The summed E-state index contributed by atoms with van der Waals surface area (Å²) in [4.78, 5) is 14.8. The van der Waals surface area contributed by atoms with Crippen LogP contribution in [0.2, 0.25) is 0 Å². The van der Waals surface area contributed by atoms with Crippen LogP contribution in [-0.2, 0) is 10.3 Å². The van der Waals surface area contributed by atoms with Gasteiger partial charge in [-0.3, -0.25) is 4.79 Å². The Kier molecular flexibility index (Phi) is 2.07. The average Bonchev–Trinajstić information content (AvgIpc) is 2.75. The topological polar surface area (TPSA) is 20.3 Å². The van der Waals surface area contributed by atoms with Gasteiger partial charge in [0.1, 0.15) is 0 Å². The van der Waals surface area contributed by atoms with Gasteiger partial charge in [0.2, 0.25) is 5.91 Å². The van der Waals surface area contributed by atoms with Gasteiger partial charge in [0, 0.05) is 13.0 Å². The number of hydrogen-bond donors (Lipinski definition) is 0. The molecule has 1 aromatic rings. The Morgan fingerprint density at radius 2 is 2.14 bits per heavy atom. The molecule has 4 unspecified atom stereocenters. The molecule has 1 spiro atoms. The molecule has 4 atom stereocenters. The summed E-state index contributed by atoms with van der Waals surface area (Å²) in [5.74, 6) is 0.470. The summed E-state index contributed by atoms with van der Waals surface area (Å²) in [6.07, 6.45) is 6.35. The molecule has 0 saturated carbocycles. The van der Waals surface area contributed by atoms with Crippen molar-refractivity contribution in [1.29, 1.82) is 0 Å². The molecule has 1 aromatic carbocycles. The second kappa shape index (κ2) is 3.61. The largest absolute Gasteiger partial charge is 0.332 e. The number of amides is 1. The van der Waals surface area contributed by atoms with Crippen molar-refractivity contribution in [3.05, 3.63) is 58.7 Å². The van der Waals surface area contributed by atoms with Crippen LogP contribution >= 0.6 is 11.6 Å². The van der Waals surface area contributed by atoms with Gasteiger partial charge in [0.15, 0.2) is 0 Å². The smallest absolute Gasteiger partial charge is 0.232 e. The molecule has 0 N–H and O–H groups in total. The van der Waals surface area contributed by atoms with Gasteiger partial charge in [0.25, 0.3) is 0 Å². The molecule has 2 bridgehead atoms. The summed E-state index contributed by atoms with van der Waals surface area (Å²) >= 11 is 6.48. The summed E-state index contributed by atoms with van der Waals surface area (Å²) in [5.41, 5.74) is 5.16. The molecule has 1 amide bonds. The Morgan fingerprint density at radius 1 is 1.33 bits per heavy atom. The van der Waals surface area contributed by atoms with Gasteiger partial charge >= 0.3 is 0 Å². The summed E-state index contributed by atoms with van der Waals surface area (Å²) in [6.45, 7) is 0. The minimum absolute atomic E-state index is 0.159. The molecular formula is C18H16ClNO. The van der Waals surface area contributed by atoms with E-state index in [9.17, 15) is 4.79 Å². The first-order valence-corrected chi connectivity index (χ1v) is 8.04. The number of hydrogen-bond acceptors (Lipinski definition) is 1. The summed E-state index contributed by atoms with van der Waals surface area (Å²) < 4.78 is 0. The highest BCUT2D eigenvalue weighted by Crippen LogP contribution is 2.64. The van der Waals surface area contributed by atoms with Crippen molar-refractivity contribution in [2.24, 2.45) is 5.92 Å². The molecule has 1 saturated heterocycles. The van der Waals surface area contributed by atoms with E-state index in [1.54, 1.807) is 0 Å². The number of benzene rings is 1. The average molecular weight is 298 g/mol. The fourth-order valence-corrected chi connectivity index (χ4v) is 5.45. The van der Waals surface area contributed by atoms with E-state index in [1.165, 1.54) is 22.3 Å². The van der Waals surface area contributed by atoms with Gasteiger partial charge in [-0.15, -0.1) is 11.6 Å². The summed E-state index contributed by atoms with van der Waals surface area (Å²) in [6, 6.07) is 8.65. The second-order valence-electron chi connectivity index (χ2n) is 6.59. The van der Waals surface area contributed by atoms with Crippen LogP contribution in [0.1, 0.15) is 29.9 Å². The lowest BCUT2D eigenvalue weighted by Crippen LogP contribution is -2.48. The van der Waals surface area contributed by atoms with Crippen LogP contribution in [0.15, 0.2) is 47.6 Å². The third-order valence-corrected chi connectivity index (χ3v) is 6.36. The van der Waals surface area contributed by atoms with Crippen LogP contribution in [0.4, 0.5) is 0 Å². The maximum atomic E-state index is 12.9. The molecule has 0 radical (unpaired) electrons. The standard InChI is InChI=1S/C18H16ClNO/c1-20-17(21)15-14(19)7-6-12-10-8-9-18(20,16(12)15)13-5-3-2-4-11(10)13/h2-7,10,14-15H,8-9H2,1H3. The number of likely N-dealkylation sites (N-methyl/N-ethyl adjacent to an activating group) is 1. The zero-order chi connectivity index (χ0) is 14.4. The molecule has 2 nitrogen and oxygen atoms in total. The number of fused-ring (bicyclic) bond motifs is 1. The molecule has 4 aliphatic carbocycles. The number of rotatable bonds is 0. The lowest BCUT2D eigenvalue weighted by Gasteiger charge is -2.51. The molecule has 1 heterocycles. The minimum Gasteiger partial charge on any atom is -0.332 e. The number of alkyl halides is 1. The van der Waals surface area contributed by atoms with E-state index < -0.39 is 0 Å². The minimum atomic E-state index is -0.236. The Balaban J connectivity index is 1.90. The van der Waals surface area contributed by atoms with Crippen molar-refractivity contribution in [3.8, 4) is 0 Å². The van der Waals surface area contributed by atoms with E-state index in [0.29, 0.717) is 5.92 Å². The fourth-order valence-electron chi connectivity index (χ4n) is 5.14. The first-order valence-electron chi connectivity index (χ1n) is 7.60. The third kappa shape index (κ3) is 1.13. The molecule has 5 aliphatic rings. The fraction of sp³-hybridized carbons (Fsp3) is 0.389. The first-order chi connectivity index (χ1) is 10.2. The Labute approximate surface area is 129 Å². The highest BCUT2D eigenvalue weighted by molar-refractivity contribution is 6.24. The van der Waals surface area contributed by atoms with Gasteiger partial charge < -0.3 is 4.90 Å². The third-order valence-electron chi connectivity index (χ3n) is 5.97. The van der Waals surface area contributed by atoms with Crippen LogP contribution < -0.4 is 0 Å².